The number of likely N-dealkylation sites (tertiary alicyclic amines) is 1. The molecule has 1 amide bonds. The first kappa shape index (κ1) is 26.3. The topological polar surface area (TPSA) is 60.0 Å². The number of benzene rings is 3. The van der Waals surface area contributed by atoms with Gasteiger partial charge in [-0.2, -0.15) is 0 Å². The highest BCUT2D eigenvalue weighted by Crippen LogP contribution is 2.34. The van der Waals surface area contributed by atoms with E-state index in [2.05, 4.69) is 41.4 Å². The van der Waals surface area contributed by atoms with Gasteiger partial charge in [0.2, 0.25) is 0 Å². The summed E-state index contributed by atoms with van der Waals surface area (Å²) >= 11 is 0. The Bertz CT molecular complexity index is 1180. The van der Waals surface area contributed by atoms with Crippen molar-refractivity contribution in [2.45, 2.75) is 26.7 Å². The third-order valence-corrected chi connectivity index (χ3v) is 6.59. The molecule has 37 heavy (non-hydrogen) atoms. The Morgan fingerprint density at radius 2 is 1.35 bits per heavy atom. The summed E-state index contributed by atoms with van der Waals surface area (Å²) in [4.78, 5) is 14.3. The van der Waals surface area contributed by atoms with Gasteiger partial charge in [0.15, 0.2) is 0 Å². The fraction of sp³-hybridized carbons (Fsp3) is 0.323. The number of carbonyl (C=O) groups is 1. The number of carbonyl (C=O) groups excluding carboxylic acids is 1. The second-order valence-electron chi connectivity index (χ2n) is 9.09. The van der Waals surface area contributed by atoms with E-state index in [4.69, 9.17) is 14.2 Å². The van der Waals surface area contributed by atoms with E-state index >= 15 is 0 Å². The molecular formula is C31H36N2O4. The molecule has 0 unspecified atom stereocenters. The maximum absolute atomic E-state index is 11.8. The Morgan fingerprint density at radius 1 is 0.811 bits per heavy atom. The molecule has 4 rings (SSSR count). The van der Waals surface area contributed by atoms with Gasteiger partial charge in [0, 0.05) is 13.1 Å². The van der Waals surface area contributed by atoms with E-state index in [0.29, 0.717) is 18.9 Å². The van der Waals surface area contributed by atoms with Gasteiger partial charge in [0.1, 0.15) is 23.9 Å². The highest BCUT2D eigenvalue weighted by Gasteiger charge is 2.14. The monoisotopic (exact) mass is 500 g/mol. The minimum absolute atomic E-state index is 0.458. The number of nitrogens with zero attached hydrogens (tertiary/aromatic N) is 1. The third kappa shape index (κ3) is 7.14. The quantitative estimate of drug-likeness (QED) is 0.333. The van der Waals surface area contributed by atoms with E-state index in [1.54, 1.807) is 7.11 Å². The fourth-order valence-electron chi connectivity index (χ4n) is 4.58. The second-order valence-corrected chi connectivity index (χ2v) is 9.09. The standard InChI is InChI=1S/C31H36N2O4/c1-4-32-31(34)37-29-17-11-26(12-18-29)30(23(2)24-7-13-27(35-3)14-8-24)25-9-15-28(16-10-25)36-22-21-33-19-5-6-20-33/h7-18H,4-6,19-22H2,1-3H3,(H,32,34)/b30-23-. The lowest BCUT2D eigenvalue weighted by molar-refractivity contribution is 0.201. The molecule has 1 aliphatic rings. The minimum atomic E-state index is -0.458. The highest BCUT2D eigenvalue weighted by atomic mass is 16.6. The molecule has 1 N–H and O–H groups in total. The van der Waals surface area contributed by atoms with Crippen LogP contribution in [-0.4, -0.2) is 50.9 Å². The maximum atomic E-state index is 11.8. The summed E-state index contributed by atoms with van der Waals surface area (Å²) in [6.07, 6.45) is 2.12. The number of hydrogen-bond donors (Lipinski definition) is 1. The van der Waals surface area contributed by atoms with Crippen molar-refractivity contribution >= 4 is 17.2 Å². The lowest BCUT2D eigenvalue weighted by Crippen LogP contribution is -2.26. The molecule has 0 aliphatic carbocycles. The van der Waals surface area contributed by atoms with E-state index in [-0.39, 0.29) is 0 Å². The Kier molecular flexibility index (Phi) is 9.22. The molecule has 0 bridgehead atoms. The lowest BCUT2D eigenvalue weighted by Gasteiger charge is -2.17. The number of ether oxygens (including phenoxy) is 3. The molecule has 1 aliphatic heterocycles. The smallest absolute Gasteiger partial charge is 0.412 e. The molecule has 0 radical (unpaired) electrons. The largest absolute Gasteiger partial charge is 0.497 e. The van der Waals surface area contributed by atoms with Gasteiger partial charge in [-0.3, -0.25) is 4.90 Å². The molecule has 3 aromatic rings. The van der Waals surface area contributed by atoms with Crippen molar-refractivity contribution in [3.63, 3.8) is 0 Å². The van der Waals surface area contributed by atoms with Crippen LogP contribution in [0.25, 0.3) is 11.1 Å². The van der Waals surface area contributed by atoms with Crippen molar-refractivity contribution in [1.82, 2.24) is 10.2 Å². The van der Waals surface area contributed by atoms with Gasteiger partial charge in [-0.25, -0.2) is 4.79 Å². The predicted molar refractivity (Wildman–Crippen MR) is 148 cm³/mol. The van der Waals surface area contributed by atoms with Gasteiger partial charge in [-0.15, -0.1) is 0 Å². The molecule has 1 fully saturated rings. The zero-order valence-corrected chi connectivity index (χ0v) is 22.0. The molecular weight excluding hydrogens is 464 g/mol. The average Bonchev–Trinajstić information content (AvgIpc) is 3.44. The maximum Gasteiger partial charge on any atom is 0.412 e. The number of methoxy groups -OCH3 is 1. The third-order valence-electron chi connectivity index (χ3n) is 6.59. The first-order chi connectivity index (χ1) is 18.1. The summed E-state index contributed by atoms with van der Waals surface area (Å²) in [5, 5.41) is 2.65. The van der Waals surface area contributed by atoms with Crippen LogP contribution < -0.4 is 19.5 Å². The van der Waals surface area contributed by atoms with E-state index in [1.807, 2.05) is 55.5 Å². The van der Waals surface area contributed by atoms with Crippen LogP contribution in [0.5, 0.6) is 17.2 Å². The normalized spacial score (nSPS) is 14.1. The molecule has 6 nitrogen and oxygen atoms in total. The predicted octanol–water partition coefficient (Wildman–Crippen LogP) is 6.26. The number of hydrogen-bond acceptors (Lipinski definition) is 5. The first-order valence-corrected chi connectivity index (χ1v) is 12.9. The molecule has 1 heterocycles. The molecule has 0 saturated carbocycles. The fourth-order valence-corrected chi connectivity index (χ4v) is 4.58. The van der Waals surface area contributed by atoms with Gasteiger partial charge < -0.3 is 19.5 Å². The number of nitrogens with one attached hydrogen (secondary N) is 1. The molecule has 1 saturated heterocycles. The van der Waals surface area contributed by atoms with Gasteiger partial charge in [0.05, 0.1) is 7.11 Å². The molecule has 194 valence electrons. The summed E-state index contributed by atoms with van der Waals surface area (Å²) in [6, 6.07) is 24.0. The summed E-state index contributed by atoms with van der Waals surface area (Å²) in [5.41, 5.74) is 5.43. The van der Waals surface area contributed by atoms with Gasteiger partial charge in [-0.05, 0) is 104 Å². The summed E-state index contributed by atoms with van der Waals surface area (Å²) < 4.78 is 16.7. The van der Waals surface area contributed by atoms with E-state index in [1.165, 1.54) is 25.9 Å². The lowest BCUT2D eigenvalue weighted by atomic mass is 9.90. The SMILES string of the molecule is CCNC(=O)Oc1ccc(/C(=C(/C)c2ccc(OC)cc2)c2ccc(OCCN3CCCC3)cc2)cc1. The van der Waals surface area contributed by atoms with Crippen molar-refractivity contribution < 1.29 is 19.0 Å². The Labute approximate surface area is 219 Å². The van der Waals surface area contributed by atoms with Crippen LogP contribution in [0.3, 0.4) is 0 Å². The second kappa shape index (κ2) is 13.0. The van der Waals surface area contributed by atoms with Crippen molar-refractivity contribution in [3.05, 3.63) is 89.5 Å². The molecule has 0 spiro atoms. The van der Waals surface area contributed by atoms with Crippen molar-refractivity contribution in [3.8, 4) is 17.2 Å². The zero-order chi connectivity index (χ0) is 26.0. The van der Waals surface area contributed by atoms with Crippen molar-refractivity contribution in [1.29, 1.82) is 0 Å². The van der Waals surface area contributed by atoms with Crippen LogP contribution in [-0.2, 0) is 0 Å². The number of allylic oxidation sites excluding steroid dienone is 1. The number of rotatable bonds is 10. The van der Waals surface area contributed by atoms with Crippen molar-refractivity contribution in [2.75, 3.05) is 39.9 Å². The average molecular weight is 501 g/mol. The highest BCUT2D eigenvalue weighted by molar-refractivity contribution is 5.98. The molecule has 0 atom stereocenters. The zero-order valence-electron chi connectivity index (χ0n) is 22.0. The molecule has 6 heteroatoms. The van der Waals surface area contributed by atoms with Crippen LogP contribution >= 0.6 is 0 Å². The summed E-state index contributed by atoms with van der Waals surface area (Å²) in [5.74, 6) is 2.19. The van der Waals surface area contributed by atoms with Crippen LogP contribution in [0.2, 0.25) is 0 Å². The van der Waals surface area contributed by atoms with Gasteiger partial charge in [-0.1, -0.05) is 36.4 Å². The van der Waals surface area contributed by atoms with Crippen LogP contribution in [0, 0.1) is 0 Å². The van der Waals surface area contributed by atoms with Gasteiger partial charge in [0.25, 0.3) is 0 Å². The Balaban J connectivity index is 1.59. The summed E-state index contributed by atoms with van der Waals surface area (Å²) in [7, 11) is 1.67. The van der Waals surface area contributed by atoms with Crippen LogP contribution in [0.1, 0.15) is 43.4 Å². The molecule has 3 aromatic carbocycles. The summed E-state index contributed by atoms with van der Waals surface area (Å²) in [6.45, 7) is 8.50. The minimum Gasteiger partial charge on any atom is -0.497 e. The molecule has 0 aromatic heterocycles. The van der Waals surface area contributed by atoms with E-state index in [9.17, 15) is 4.79 Å². The van der Waals surface area contributed by atoms with Crippen molar-refractivity contribution in [2.24, 2.45) is 0 Å². The van der Waals surface area contributed by atoms with Crippen LogP contribution in [0.4, 0.5) is 4.79 Å². The Hall–Kier alpha value is -3.77. The Morgan fingerprint density at radius 3 is 1.92 bits per heavy atom. The van der Waals surface area contributed by atoms with Crippen LogP contribution in [0.15, 0.2) is 72.8 Å². The van der Waals surface area contributed by atoms with Gasteiger partial charge >= 0.3 is 6.09 Å². The first-order valence-electron chi connectivity index (χ1n) is 12.9. The number of amides is 1. The van der Waals surface area contributed by atoms with E-state index in [0.717, 1.165) is 45.9 Å². The van der Waals surface area contributed by atoms with E-state index < -0.39 is 6.09 Å².